The second-order valence-corrected chi connectivity index (χ2v) is 8.51. The Morgan fingerprint density at radius 2 is 1.81 bits per heavy atom. The fourth-order valence-corrected chi connectivity index (χ4v) is 4.25. The second kappa shape index (κ2) is 10.6. The molecule has 2 N–H and O–H groups in total. The lowest BCUT2D eigenvalue weighted by Gasteiger charge is -2.29. The fraction of sp³-hybridized carbons (Fsp3) is 0.619. The Labute approximate surface area is 161 Å². The number of carbonyl (C=O) groups is 2. The predicted molar refractivity (Wildman–Crippen MR) is 111 cm³/mol. The number of nitrogens with one attached hydrogen (secondary N) is 2. The molecule has 0 aromatic heterocycles. The van der Waals surface area contributed by atoms with Gasteiger partial charge in [0.05, 0.1) is 5.75 Å². The number of thioether (sulfide) groups is 1. The molecule has 1 aromatic carbocycles. The van der Waals surface area contributed by atoms with Crippen molar-refractivity contribution in [2.75, 3.05) is 16.8 Å². The number of carbonyl (C=O) groups excluding carboxylic acids is 2. The number of para-hydroxylation sites is 1. The first-order valence-corrected chi connectivity index (χ1v) is 10.9. The number of benzene rings is 1. The van der Waals surface area contributed by atoms with Crippen LogP contribution in [-0.4, -0.2) is 29.4 Å². The van der Waals surface area contributed by atoms with Crippen molar-refractivity contribution in [3.05, 3.63) is 29.3 Å². The van der Waals surface area contributed by atoms with Crippen LogP contribution in [0.3, 0.4) is 0 Å². The Morgan fingerprint density at radius 1 is 1.12 bits per heavy atom. The van der Waals surface area contributed by atoms with Gasteiger partial charge in [0.15, 0.2) is 0 Å². The van der Waals surface area contributed by atoms with Gasteiger partial charge in [-0.2, -0.15) is 11.8 Å². The monoisotopic (exact) mass is 376 g/mol. The molecule has 0 radical (unpaired) electrons. The van der Waals surface area contributed by atoms with Gasteiger partial charge < -0.3 is 10.6 Å². The van der Waals surface area contributed by atoms with Gasteiger partial charge in [0, 0.05) is 18.2 Å². The number of rotatable bonds is 8. The summed E-state index contributed by atoms with van der Waals surface area (Å²) in [5, 5.41) is 6.18. The van der Waals surface area contributed by atoms with Crippen molar-refractivity contribution in [2.24, 2.45) is 5.92 Å². The molecule has 2 rings (SSSR count). The third kappa shape index (κ3) is 6.67. The molecule has 1 aliphatic rings. The maximum Gasteiger partial charge on any atom is 0.230 e. The Morgan fingerprint density at radius 3 is 2.50 bits per heavy atom. The molecule has 0 spiro atoms. The molecule has 26 heavy (non-hydrogen) atoms. The summed E-state index contributed by atoms with van der Waals surface area (Å²) in [5.74, 6) is 2.08. The van der Waals surface area contributed by atoms with E-state index in [0.29, 0.717) is 24.1 Å². The maximum absolute atomic E-state index is 12.1. The minimum atomic E-state index is 0.0449. The van der Waals surface area contributed by atoms with Gasteiger partial charge in [0.2, 0.25) is 11.8 Å². The molecular weight excluding hydrogens is 344 g/mol. The highest BCUT2D eigenvalue weighted by atomic mass is 32.2. The van der Waals surface area contributed by atoms with Crippen LogP contribution in [0.5, 0.6) is 0 Å². The van der Waals surface area contributed by atoms with Crippen molar-refractivity contribution >= 4 is 29.3 Å². The highest BCUT2D eigenvalue weighted by molar-refractivity contribution is 7.99. The van der Waals surface area contributed by atoms with Crippen molar-refractivity contribution in [3.63, 3.8) is 0 Å². The molecule has 0 heterocycles. The average molecular weight is 377 g/mol. The van der Waals surface area contributed by atoms with Crippen LogP contribution in [0.2, 0.25) is 0 Å². The van der Waals surface area contributed by atoms with Crippen LogP contribution in [-0.2, 0) is 9.59 Å². The van der Waals surface area contributed by atoms with Crippen LogP contribution in [0.4, 0.5) is 5.69 Å². The van der Waals surface area contributed by atoms with Crippen molar-refractivity contribution in [1.82, 2.24) is 5.32 Å². The number of amides is 2. The molecule has 0 bridgehead atoms. The lowest BCUT2D eigenvalue weighted by molar-refractivity contribution is -0.119. The second-order valence-electron chi connectivity index (χ2n) is 7.41. The summed E-state index contributed by atoms with van der Waals surface area (Å²) in [6.45, 7) is 6.24. The van der Waals surface area contributed by atoms with E-state index in [4.69, 9.17) is 0 Å². The Hall–Kier alpha value is -1.49. The lowest BCUT2D eigenvalue weighted by Crippen LogP contribution is -2.41. The third-order valence-electron chi connectivity index (χ3n) is 5.13. The third-order valence-corrected chi connectivity index (χ3v) is 6.17. The minimum Gasteiger partial charge on any atom is -0.352 e. The summed E-state index contributed by atoms with van der Waals surface area (Å²) in [4.78, 5) is 24.2. The molecule has 2 unspecified atom stereocenters. The molecule has 4 nitrogen and oxygen atoms in total. The van der Waals surface area contributed by atoms with Gasteiger partial charge >= 0.3 is 0 Å². The topological polar surface area (TPSA) is 58.2 Å². The molecule has 1 aliphatic carbocycles. The maximum atomic E-state index is 12.1. The van der Waals surface area contributed by atoms with Gasteiger partial charge in [0.25, 0.3) is 0 Å². The number of aryl methyl sites for hydroxylation is 2. The quantitative estimate of drug-likeness (QED) is 0.659. The lowest BCUT2D eigenvalue weighted by atomic mass is 9.86. The van der Waals surface area contributed by atoms with Gasteiger partial charge in [-0.25, -0.2) is 0 Å². The van der Waals surface area contributed by atoms with Gasteiger partial charge in [-0.15, -0.1) is 0 Å². The van der Waals surface area contributed by atoms with E-state index in [9.17, 15) is 9.59 Å². The molecule has 5 heteroatoms. The predicted octanol–water partition coefficient (Wildman–Crippen LogP) is 4.45. The Kier molecular flexibility index (Phi) is 8.49. The Bertz CT molecular complexity index is 598. The van der Waals surface area contributed by atoms with Gasteiger partial charge in [-0.05, 0) is 55.9 Å². The minimum absolute atomic E-state index is 0.0449. The average Bonchev–Trinajstić information content (AvgIpc) is 2.60. The van der Waals surface area contributed by atoms with E-state index in [0.717, 1.165) is 35.4 Å². The van der Waals surface area contributed by atoms with Crippen LogP contribution in [0, 0.1) is 19.8 Å². The molecule has 1 fully saturated rings. The molecule has 0 saturated heterocycles. The zero-order chi connectivity index (χ0) is 18.9. The van der Waals surface area contributed by atoms with Crippen LogP contribution >= 0.6 is 11.8 Å². The summed E-state index contributed by atoms with van der Waals surface area (Å²) in [5.41, 5.74) is 3.09. The molecule has 0 aliphatic heterocycles. The van der Waals surface area contributed by atoms with Gasteiger partial charge in [-0.1, -0.05) is 38.0 Å². The SMILES string of the molecule is Cc1cccc(C)c1NC(=O)CCCSCC(=O)NC1CCCCC1C. The normalized spacial score (nSPS) is 19.8. The van der Waals surface area contributed by atoms with Crippen LogP contribution in [0.1, 0.15) is 56.6 Å². The van der Waals surface area contributed by atoms with E-state index < -0.39 is 0 Å². The number of anilines is 1. The summed E-state index contributed by atoms with van der Waals surface area (Å²) >= 11 is 1.61. The van der Waals surface area contributed by atoms with E-state index in [1.165, 1.54) is 19.3 Å². The van der Waals surface area contributed by atoms with Crippen LogP contribution in [0.25, 0.3) is 0 Å². The van der Waals surface area contributed by atoms with E-state index in [1.807, 2.05) is 32.0 Å². The smallest absolute Gasteiger partial charge is 0.230 e. The summed E-state index contributed by atoms with van der Waals surface area (Å²) < 4.78 is 0. The molecule has 2 amide bonds. The number of hydrogen-bond acceptors (Lipinski definition) is 3. The van der Waals surface area contributed by atoms with E-state index in [2.05, 4.69) is 17.6 Å². The molecular formula is C21H32N2O2S. The van der Waals surface area contributed by atoms with E-state index in [1.54, 1.807) is 11.8 Å². The van der Waals surface area contributed by atoms with Crippen LogP contribution < -0.4 is 10.6 Å². The largest absolute Gasteiger partial charge is 0.352 e. The first kappa shape index (κ1) is 20.8. The molecule has 2 atom stereocenters. The first-order chi connectivity index (χ1) is 12.5. The summed E-state index contributed by atoms with van der Waals surface area (Å²) in [6, 6.07) is 6.35. The molecule has 144 valence electrons. The first-order valence-electron chi connectivity index (χ1n) is 9.70. The zero-order valence-corrected chi connectivity index (χ0v) is 17.1. The van der Waals surface area contributed by atoms with Crippen molar-refractivity contribution in [3.8, 4) is 0 Å². The summed E-state index contributed by atoms with van der Waals surface area (Å²) in [7, 11) is 0. The van der Waals surface area contributed by atoms with Crippen molar-refractivity contribution in [1.29, 1.82) is 0 Å². The van der Waals surface area contributed by atoms with Crippen LogP contribution in [0.15, 0.2) is 18.2 Å². The van der Waals surface area contributed by atoms with Gasteiger partial charge in [-0.3, -0.25) is 9.59 Å². The zero-order valence-electron chi connectivity index (χ0n) is 16.3. The summed E-state index contributed by atoms with van der Waals surface area (Å²) in [6.07, 6.45) is 6.10. The van der Waals surface area contributed by atoms with E-state index in [-0.39, 0.29) is 11.8 Å². The van der Waals surface area contributed by atoms with Crippen molar-refractivity contribution < 1.29 is 9.59 Å². The number of hydrogen-bond donors (Lipinski definition) is 2. The van der Waals surface area contributed by atoms with Gasteiger partial charge in [0.1, 0.15) is 0 Å². The highest BCUT2D eigenvalue weighted by Gasteiger charge is 2.22. The molecule has 1 saturated carbocycles. The highest BCUT2D eigenvalue weighted by Crippen LogP contribution is 2.24. The van der Waals surface area contributed by atoms with Crippen molar-refractivity contribution in [2.45, 2.75) is 65.3 Å². The molecule has 1 aromatic rings. The standard InChI is InChI=1S/C21H32N2O2S/c1-15-8-4-5-11-18(15)22-20(25)14-26-13-7-12-19(24)23-21-16(2)9-6-10-17(21)3/h6,9-10,15,18H,4-5,7-8,11-14H2,1-3H3,(H,22,25)(H,23,24). The Balaban J connectivity index is 1.60. The van der Waals surface area contributed by atoms with E-state index >= 15 is 0 Å². The fourth-order valence-electron chi connectivity index (χ4n) is 3.49.